The van der Waals surface area contributed by atoms with Gasteiger partial charge in [-0.05, 0) is 17.7 Å². The average molecular weight is 302 g/mol. The molecule has 0 N–H and O–H groups in total. The van der Waals surface area contributed by atoms with Crippen LogP contribution in [0.25, 0.3) is 0 Å². The van der Waals surface area contributed by atoms with Gasteiger partial charge in [0, 0.05) is 11.1 Å². The van der Waals surface area contributed by atoms with Crippen LogP contribution in [0, 0.1) is 5.82 Å². The van der Waals surface area contributed by atoms with E-state index in [-0.39, 0.29) is 5.82 Å². The summed E-state index contributed by atoms with van der Waals surface area (Å²) >= 11 is 0. The first kappa shape index (κ1) is 14.9. The zero-order chi connectivity index (χ0) is 15.9. The third-order valence-corrected chi connectivity index (χ3v) is 3.33. The van der Waals surface area contributed by atoms with Crippen molar-refractivity contribution in [2.75, 3.05) is 0 Å². The van der Waals surface area contributed by atoms with E-state index in [0.29, 0.717) is 0 Å². The van der Waals surface area contributed by atoms with Gasteiger partial charge < -0.3 is 0 Å². The van der Waals surface area contributed by atoms with Crippen molar-refractivity contribution in [3.05, 3.63) is 107 Å². The average Bonchev–Trinajstić information content (AvgIpc) is 2.62. The first-order valence-corrected chi connectivity index (χ1v) is 7.30. The molecule has 0 bridgehead atoms. The molecule has 3 rings (SSSR count). The summed E-state index contributed by atoms with van der Waals surface area (Å²) in [7, 11) is 0. The van der Waals surface area contributed by atoms with E-state index in [0.717, 1.165) is 22.4 Å². The second kappa shape index (κ2) is 7.27. The molecule has 0 aliphatic heterocycles. The predicted octanol–water partition coefficient (Wildman–Crippen LogP) is 4.70. The number of halogens is 1. The van der Waals surface area contributed by atoms with Gasteiger partial charge in [-0.1, -0.05) is 72.8 Å². The lowest BCUT2D eigenvalue weighted by molar-refractivity contribution is 0.628. The molecule has 112 valence electrons. The molecule has 3 aromatic rings. The highest BCUT2D eigenvalue weighted by molar-refractivity contribution is 6.12. The van der Waals surface area contributed by atoms with Crippen molar-refractivity contribution in [2.24, 2.45) is 10.2 Å². The van der Waals surface area contributed by atoms with Gasteiger partial charge in [0.15, 0.2) is 0 Å². The molecule has 0 aliphatic rings. The van der Waals surface area contributed by atoms with Gasteiger partial charge in [0.25, 0.3) is 0 Å². The molecule has 0 spiro atoms. The zero-order valence-corrected chi connectivity index (χ0v) is 12.4. The summed E-state index contributed by atoms with van der Waals surface area (Å²) in [5, 5.41) is 8.54. The summed E-state index contributed by atoms with van der Waals surface area (Å²) < 4.78 is 12.9. The molecule has 3 aromatic carbocycles. The molecular weight excluding hydrogens is 287 g/mol. The van der Waals surface area contributed by atoms with Gasteiger partial charge >= 0.3 is 0 Å². The number of hydrogen-bond donors (Lipinski definition) is 0. The van der Waals surface area contributed by atoms with E-state index >= 15 is 0 Å². The third kappa shape index (κ3) is 3.98. The van der Waals surface area contributed by atoms with Crippen molar-refractivity contribution in [1.82, 2.24) is 0 Å². The monoisotopic (exact) mass is 302 g/mol. The van der Waals surface area contributed by atoms with Gasteiger partial charge in [-0.25, -0.2) is 4.39 Å². The largest absolute Gasteiger partial charge is 0.207 e. The molecule has 0 saturated heterocycles. The molecule has 0 fully saturated rings. The van der Waals surface area contributed by atoms with E-state index in [1.54, 1.807) is 18.3 Å². The Morgan fingerprint density at radius 2 is 1.22 bits per heavy atom. The molecule has 0 amide bonds. The van der Waals surface area contributed by atoms with E-state index in [4.69, 9.17) is 0 Å². The van der Waals surface area contributed by atoms with E-state index in [2.05, 4.69) is 10.2 Å². The van der Waals surface area contributed by atoms with Crippen LogP contribution in [0.2, 0.25) is 0 Å². The molecule has 0 aromatic heterocycles. The SMILES string of the molecule is Fc1ccc(/C=N/N=C(c2ccccc2)c2ccccc2)cc1. The molecule has 0 radical (unpaired) electrons. The molecule has 0 heterocycles. The Labute approximate surface area is 134 Å². The molecule has 0 unspecified atom stereocenters. The Hall–Kier alpha value is -3.07. The van der Waals surface area contributed by atoms with Gasteiger partial charge in [-0.3, -0.25) is 0 Å². The molecule has 0 aliphatic carbocycles. The molecule has 23 heavy (non-hydrogen) atoms. The maximum Gasteiger partial charge on any atom is 0.123 e. The van der Waals surface area contributed by atoms with E-state index < -0.39 is 0 Å². The highest BCUT2D eigenvalue weighted by atomic mass is 19.1. The fourth-order valence-corrected chi connectivity index (χ4v) is 2.18. The molecule has 3 heteroatoms. The van der Waals surface area contributed by atoms with Crippen LogP contribution in [-0.4, -0.2) is 11.9 Å². The van der Waals surface area contributed by atoms with Crippen LogP contribution in [0.1, 0.15) is 16.7 Å². The van der Waals surface area contributed by atoms with Gasteiger partial charge in [0.05, 0.1) is 6.21 Å². The fraction of sp³-hybridized carbons (Fsp3) is 0. The van der Waals surface area contributed by atoms with Crippen LogP contribution in [0.15, 0.2) is 95.1 Å². The summed E-state index contributed by atoms with van der Waals surface area (Å²) in [6.07, 6.45) is 1.62. The van der Waals surface area contributed by atoms with Crippen molar-refractivity contribution in [1.29, 1.82) is 0 Å². The lowest BCUT2D eigenvalue weighted by Crippen LogP contribution is -2.02. The molecular formula is C20H15FN2. The molecule has 0 saturated carbocycles. The maximum atomic E-state index is 12.9. The Morgan fingerprint density at radius 1 is 0.696 bits per heavy atom. The Kier molecular flexibility index (Phi) is 4.69. The van der Waals surface area contributed by atoms with Crippen LogP contribution in [0.5, 0.6) is 0 Å². The smallest absolute Gasteiger partial charge is 0.123 e. The van der Waals surface area contributed by atoms with Crippen molar-refractivity contribution in [3.8, 4) is 0 Å². The van der Waals surface area contributed by atoms with E-state index in [9.17, 15) is 4.39 Å². The Balaban J connectivity index is 1.93. The predicted molar refractivity (Wildman–Crippen MR) is 92.5 cm³/mol. The van der Waals surface area contributed by atoms with Crippen LogP contribution in [0.3, 0.4) is 0 Å². The summed E-state index contributed by atoms with van der Waals surface area (Å²) in [5.41, 5.74) is 3.59. The highest BCUT2D eigenvalue weighted by Gasteiger charge is 2.05. The number of rotatable bonds is 4. The van der Waals surface area contributed by atoms with E-state index in [1.807, 2.05) is 60.7 Å². The van der Waals surface area contributed by atoms with Crippen LogP contribution >= 0.6 is 0 Å². The summed E-state index contributed by atoms with van der Waals surface area (Å²) in [5.74, 6) is -0.264. The summed E-state index contributed by atoms with van der Waals surface area (Å²) in [6, 6.07) is 25.9. The number of hydrogen-bond acceptors (Lipinski definition) is 2. The second-order valence-corrected chi connectivity index (χ2v) is 4.98. The minimum Gasteiger partial charge on any atom is -0.207 e. The quantitative estimate of drug-likeness (QED) is 0.493. The number of benzene rings is 3. The van der Waals surface area contributed by atoms with Crippen LogP contribution in [-0.2, 0) is 0 Å². The summed E-state index contributed by atoms with van der Waals surface area (Å²) in [6.45, 7) is 0. The molecule has 0 atom stereocenters. The normalized spacial score (nSPS) is 10.7. The van der Waals surface area contributed by atoms with Crippen molar-refractivity contribution >= 4 is 11.9 Å². The van der Waals surface area contributed by atoms with Crippen LogP contribution in [0.4, 0.5) is 4.39 Å². The van der Waals surface area contributed by atoms with Crippen molar-refractivity contribution in [3.63, 3.8) is 0 Å². The van der Waals surface area contributed by atoms with Gasteiger partial charge in [0.1, 0.15) is 11.5 Å². The van der Waals surface area contributed by atoms with Gasteiger partial charge in [0.2, 0.25) is 0 Å². The second-order valence-electron chi connectivity index (χ2n) is 4.98. The first-order valence-electron chi connectivity index (χ1n) is 7.30. The highest BCUT2D eigenvalue weighted by Crippen LogP contribution is 2.11. The topological polar surface area (TPSA) is 24.7 Å². The van der Waals surface area contributed by atoms with Gasteiger partial charge in [-0.2, -0.15) is 5.10 Å². The minimum atomic E-state index is -0.264. The fourth-order valence-electron chi connectivity index (χ4n) is 2.18. The molecule has 2 nitrogen and oxygen atoms in total. The zero-order valence-electron chi connectivity index (χ0n) is 12.4. The summed E-state index contributed by atoms with van der Waals surface area (Å²) in [4.78, 5) is 0. The van der Waals surface area contributed by atoms with Crippen molar-refractivity contribution in [2.45, 2.75) is 0 Å². The standard InChI is InChI=1S/C20H15FN2/c21-19-13-11-16(12-14-19)15-22-23-20(17-7-3-1-4-8-17)18-9-5-2-6-10-18/h1-15H/b22-15+. The lowest BCUT2D eigenvalue weighted by atomic mass is 10.0. The first-order chi connectivity index (χ1) is 11.3. The lowest BCUT2D eigenvalue weighted by Gasteiger charge is -2.05. The Morgan fingerprint density at radius 3 is 1.74 bits per heavy atom. The Bertz CT molecular complexity index is 766. The number of nitrogens with zero attached hydrogens (tertiary/aromatic N) is 2. The van der Waals surface area contributed by atoms with Crippen molar-refractivity contribution < 1.29 is 4.39 Å². The maximum absolute atomic E-state index is 12.9. The minimum absolute atomic E-state index is 0.264. The van der Waals surface area contributed by atoms with E-state index in [1.165, 1.54) is 12.1 Å². The van der Waals surface area contributed by atoms with Crippen LogP contribution < -0.4 is 0 Å². The van der Waals surface area contributed by atoms with Gasteiger partial charge in [-0.15, -0.1) is 5.10 Å². The third-order valence-electron chi connectivity index (χ3n) is 3.33.